The number of hydrogen-bond acceptors (Lipinski definition) is 4. The maximum absolute atomic E-state index is 12.6. The fraction of sp³-hybridized carbons (Fsp3) is 0.600. The maximum Gasteiger partial charge on any atom is 0.278 e. The number of carbonyl (C=O) groups excluding carboxylic acids is 1. The molecule has 21 heavy (non-hydrogen) atoms. The molecule has 2 fully saturated rings. The van der Waals surface area contributed by atoms with Gasteiger partial charge in [-0.3, -0.25) is 14.3 Å². The van der Waals surface area contributed by atoms with Gasteiger partial charge in [-0.2, -0.15) is 0 Å². The van der Waals surface area contributed by atoms with E-state index < -0.39 is 11.2 Å². The van der Waals surface area contributed by atoms with Gasteiger partial charge in [-0.15, -0.1) is 0 Å². The molecule has 0 radical (unpaired) electrons. The maximum atomic E-state index is 12.6. The molecule has 2 saturated carbocycles. The summed E-state index contributed by atoms with van der Waals surface area (Å²) in [4.78, 5) is 26.0. The first-order chi connectivity index (χ1) is 10.1. The molecule has 0 bridgehead atoms. The van der Waals surface area contributed by atoms with Gasteiger partial charge in [0.25, 0.3) is 5.91 Å². The van der Waals surface area contributed by atoms with Crippen molar-refractivity contribution in [2.45, 2.75) is 44.6 Å². The number of fused-ring (bicyclic) bond motifs is 1. The van der Waals surface area contributed by atoms with E-state index in [0.29, 0.717) is 12.1 Å². The molecule has 0 saturated heterocycles. The van der Waals surface area contributed by atoms with Gasteiger partial charge < -0.3 is 15.4 Å². The molecular weight excluding hydrogens is 270 g/mol. The van der Waals surface area contributed by atoms with E-state index in [2.05, 4.69) is 5.43 Å². The number of nitrogens with zero attached hydrogens (tertiary/aromatic N) is 2. The van der Waals surface area contributed by atoms with Crippen molar-refractivity contribution < 1.29 is 9.90 Å². The van der Waals surface area contributed by atoms with Crippen LogP contribution in [-0.2, 0) is 0 Å². The number of aromatic nitrogens is 1. The molecule has 0 unspecified atom stereocenters. The molecule has 3 aliphatic rings. The fourth-order valence-electron chi connectivity index (χ4n) is 3.72. The third kappa shape index (κ3) is 1.92. The van der Waals surface area contributed by atoms with Crippen LogP contribution in [0.2, 0.25) is 0 Å². The van der Waals surface area contributed by atoms with Crippen molar-refractivity contribution in [1.29, 1.82) is 0 Å². The molecule has 112 valence electrons. The molecule has 6 nitrogen and oxygen atoms in total. The second kappa shape index (κ2) is 4.26. The molecule has 2 N–H and O–H groups in total. The highest BCUT2D eigenvalue weighted by atomic mass is 16.3. The van der Waals surface area contributed by atoms with Gasteiger partial charge in [-0.25, -0.2) is 0 Å². The molecule has 4 rings (SSSR count). The average Bonchev–Trinajstić information content (AvgIpc) is 3.24. The minimum absolute atomic E-state index is 0.0560. The van der Waals surface area contributed by atoms with Crippen molar-refractivity contribution in [3.8, 4) is 5.75 Å². The van der Waals surface area contributed by atoms with Crippen molar-refractivity contribution in [3.63, 3.8) is 0 Å². The highest BCUT2D eigenvalue weighted by Crippen LogP contribution is 2.56. The van der Waals surface area contributed by atoms with Crippen molar-refractivity contribution in [2.75, 3.05) is 12.1 Å². The van der Waals surface area contributed by atoms with Crippen LogP contribution in [-0.4, -0.2) is 33.3 Å². The lowest BCUT2D eigenvalue weighted by molar-refractivity contribution is 0.0564. The number of aromatic hydroxyl groups is 1. The molecule has 0 atom stereocenters. The molecular formula is C15H19N3O3. The van der Waals surface area contributed by atoms with Gasteiger partial charge in [0.15, 0.2) is 11.4 Å². The molecule has 2 heterocycles. The van der Waals surface area contributed by atoms with Crippen LogP contribution in [0.1, 0.15) is 49.0 Å². The first-order valence-electron chi connectivity index (χ1n) is 7.59. The second-order valence-electron chi connectivity index (χ2n) is 6.57. The summed E-state index contributed by atoms with van der Waals surface area (Å²) >= 11 is 0. The Morgan fingerprint density at radius 2 is 1.90 bits per heavy atom. The first kappa shape index (κ1) is 12.7. The number of carbonyl (C=O) groups is 1. The molecule has 1 aromatic heterocycles. The van der Waals surface area contributed by atoms with E-state index in [1.807, 2.05) is 0 Å². The van der Waals surface area contributed by atoms with E-state index >= 15 is 0 Å². The lowest BCUT2D eigenvalue weighted by Gasteiger charge is -2.40. The lowest BCUT2D eigenvalue weighted by Crippen LogP contribution is -2.51. The van der Waals surface area contributed by atoms with Gasteiger partial charge in [0, 0.05) is 18.3 Å². The van der Waals surface area contributed by atoms with Gasteiger partial charge >= 0.3 is 0 Å². The summed E-state index contributed by atoms with van der Waals surface area (Å²) in [5.74, 6) is -0.713. The summed E-state index contributed by atoms with van der Waals surface area (Å²) in [5, 5.41) is 9.90. The van der Waals surface area contributed by atoms with Crippen LogP contribution in [0.5, 0.6) is 5.75 Å². The molecule has 6 heteroatoms. The minimum Gasteiger partial charge on any atom is -0.502 e. The van der Waals surface area contributed by atoms with Crippen molar-refractivity contribution in [2.24, 2.45) is 5.41 Å². The van der Waals surface area contributed by atoms with E-state index in [9.17, 15) is 14.7 Å². The van der Waals surface area contributed by atoms with Crippen LogP contribution >= 0.6 is 0 Å². The number of pyridine rings is 1. The van der Waals surface area contributed by atoms with E-state index in [0.717, 1.165) is 12.8 Å². The van der Waals surface area contributed by atoms with Crippen molar-refractivity contribution in [1.82, 2.24) is 9.58 Å². The summed E-state index contributed by atoms with van der Waals surface area (Å²) in [5.41, 5.74) is 3.19. The average molecular weight is 289 g/mol. The largest absolute Gasteiger partial charge is 0.502 e. The molecule has 1 amide bonds. The zero-order valence-corrected chi connectivity index (χ0v) is 11.8. The van der Waals surface area contributed by atoms with Crippen molar-refractivity contribution in [3.05, 3.63) is 28.2 Å². The van der Waals surface area contributed by atoms with E-state index in [1.54, 1.807) is 4.90 Å². The Balaban J connectivity index is 1.60. The smallest absolute Gasteiger partial charge is 0.278 e. The first-order valence-corrected chi connectivity index (χ1v) is 7.59. The van der Waals surface area contributed by atoms with Crippen LogP contribution in [0.15, 0.2) is 17.1 Å². The Kier molecular flexibility index (Phi) is 2.58. The summed E-state index contributed by atoms with van der Waals surface area (Å²) in [6.07, 6.45) is 8.59. The fourth-order valence-corrected chi connectivity index (χ4v) is 3.72. The standard InChI is InChI=1S/C15H19N3O3/c19-11-3-8-18-12(13(11)20)14(21)17(9-16-18)10-1-4-15(5-2-10)6-7-15/h3,8,10,16,20H,1-2,4-7,9H2. The van der Waals surface area contributed by atoms with E-state index in [4.69, 9.17) is 0 Å². The normalized spacial score (nSPS) is 23.8. The number of hydrogen-bond donors (Lipinski definition) is 2. The Morgan fingerprint density at radius 1 is 1.19 bits per heavy atom. The van der Waals surface area contributed by atoms with Crippen LogP contribution in [0.3, 0.4) is 0 Å². The van der Waals surface area contributed by atoms with Gasteiger partial charge in [0.1, 0.15) is 6.67 Å². The third-order valence-electron chi connectivity index (χ3n) is 5.36. The van der Waals surface area contributed by atoms with Crippen LogP contribution in [0.25, 0.3) is 0 Å². The van der Waals surface area contributed by atoms with Gasteiger partial charge in [-0.05, 0) is 43.9 Å². The third-order valence-corrected chi connectivity index (χ3v) is 5.36. The van der Waals surface area contributed by atoms with Gasteiger partial charge in [-0.1, -0.05) is 0 Å². The zero-order valence-electron chi connectivity index (χ0n) is 11.8. The molecule has 1 aromatic rings. The predicted molar refractivity (Wildman–Crippen MR) is 76.7 cm³/mol. The molecule has 2 aliphatic carbocycles. The Bertz CT molecular complexity index is 653. The van der Waals surface area contributed by atoms with E-state index in [-0.39, 0.29) is 17.6 Å². The SMILES string of the molecule is O=C1c2c(O)c(=O)ccn2NCN1C1CCC2(CC1)CC2. The molecule has 0 aromatic carbocycles. The number of rotatable bonds is 1. The monoisotopic (exact) mass is 289 g/mol. The topological polar surface area (TPSA) is 74.6 Å². The van der Waals surface area contributed by atoms with Gasteiger partial charge in [0.2, 0.25) is 5.43 Å². The lowest BCUT2D eigenvalue weighted by atomic mass is 9.83. The summed E-state index contributed by atoms with van der Waals surface area (Å²) in [7, 11) is 0. The summed E-state index contributed by atoms with van der Waals surface area (Å²) < 4.78 is 1.45. The van der Waals surface area contributed by atoms with Crippen molar-refractivity contribution >= 4 is 5.91 Å². The highest BCUT2D eigenvalue weighted by Gasteiger charge is 2.46. The second-order valence-corrected chi connectivity index (χ2v) is 6.57. The van der Waals surface area contributed by atoms with Crippen LogP contribution in [0.4, 0.5) is 0 Å². The summed E-state index contributed by atoms with van der Waals surface area (Å²) in [6, 6.07) is 1.46. The van der Waals surface area contributed by atoms with Crippen LogP contribution in [0, 0.1) is 5.41 Å². The Hall–Kier alpha value is -1.98. The van der Waals surface area contributed by atoms with E-state index in [1.165, 1.54) is 42.6 Å². The number of nitrogens with one attached hydrogen (secondary N) is 1. The summed E-state index contributed by atoms with van der Waals surface area (Å²) in [6.45, 7) is 0.422. The van der Waals surface area contributed by atoms with Gasteiger partial charge in [0.05, 0.1) is 0 Å². The Labute approximate surface area is 122 Å². The minimum atomic E-state index is -0.515. The predicted octanol–water partition coefficient (Wildman–Crippen LogP) is 1.23. The highest BCUT2D eigenvalue weighted by molar-refractivity contribution is 5.96. The quantitative estimate of drug-likeness (QED) is 0.815. The Morgan fingerprint density at radius 3 is 2.57 bits per heavy atom. The van der Waals surface area contributed by atoms with Crippen LogP contribution < -0.4 is 10.9 Å². The molecule has 1 aliphatic heterocycles. The molecule has 1 spiro atoms. The number of amides is 1. The zero-order chi connectivity index (χ0) is 14.6.